The van der Waals surface area contributed by atoms with Crippen molar-refractivity contribution in [1.29, 1.82) is 0 Å². The Morgan fingerprint density at radius 3 is 2.63 bits per heavy atom. The van der Waals surface area contributed by atoms with E-state index in [4.69, 9.17) is 4.74 Å². The van der Waals surface area contributed by atoms with Crippen molar-refractivity contribution in [1.82, 2.24) is 19.6 Å². The van der Waals surface area contributed by atoms with Crippen molar-refractivity contribution in [2.45, 2.75) is 9.79 Å². The van der Waals surface area contributed by atoms with E-state index in [-0.39, 0.29) is 5.75 Å². The first-order chi connectivity index (χ1) is 13.0. The number of ether oxygens (including phenoxy) is 1. The molecule has 0 aliphatic heterocycles. The Hall–Kier alpha value is -3.46. The fourth-order valence-corrected chi connectivity index (χ4v) is 3.59. The minimum Gasteiger partial charge on any atom is -0.508 e. The molecule has 8 nitrogen and oxygen atoms in total. The number of aromatic nitrogens is 4. The fourth-order valence-electron chi connectivity index (χ4n) is 2.68. The van der Waals surface area contributed by atoms with Crippen molar-refractivity contribution >= 4 is 17.4 Å². The first kappa shape index (κ1) is 17.0. The largest absolute Gasteiger partial charge is 0.508 e. The van der Waals surface area contributed by atoms with Gasteiger partial charge in [0.2, 0.25) is 0 Å². The molecule has 3 N–H and O–H groups in total. The number of fused-ring (bicyclic) bond motifs is 1. The van der Waals surface area contributed by atoms with Gasteiger partial charge in [-0.3, -0.25) is 9.97 Å². The Morgan fingerprint density at radius 2 is 1.89 bits per heavy atom. The molecule has 0 aliphatic rings. The van der Waals surface area contributed by atoms with Gasteiger partial charge in [0, 0.05) is 10.5 Å². The summed E-state index contributed by atoms with van der Waals surface area (Å²) in [6.07, 6.45) is 1.52. The van der Waals surface area contributed by atoms with E-state index in [1.54, 1.807) is 19.2 Å². The average molecular weight is 382 g/mol. The number of nitrogens with one attached hydrogen (secondary N) is 2. The van der Waals surface area contributed by atoms with E-state index < -0.39 is 11.4 Å². The number of aromatic hydroxyl groups is 1. The molecule has 2 aromatic heterocycles. The van der Waals surface area contributed by atoms with Gasteiger partial charge in [0.1, 0.15) is 11.5 Å². The van der Waals surface area contributed by atoms with Crippen LogP contribution in [-0.2, 0) is 0 Å². The number of H-pyrrole nitrogens is 2. The van der Waals surface area contributed by atoms with Crippen LogP contribution in [0.5, 0.6) is 11.5 Å². The predicted molar refractivity (Wildman–Crippen MR) is 101 cm³/mol. The van der Waals surface area contributed by atoms with Gasteiger partial charge in [-0.15, -0.1) is 0 Å². The van der Waals surface area contributed by atoms with E-state index in [1.165, 1.54) is 18.0 Å². The molecule has 27 heavy (non-hydrogen) atoms. The number of phenolic OH excluding ortho intramolecular Hbond substituents is 1. The molecule has 0 spiro atoms. The van der Waals surface area contributed by atoms with Crippen LogP contribution in [0.4, 0.5) is 0 Å². The molecule has 136 valence electrons. The van der Waals surface area contributed by atoms with Crippen LogP contribution in [0.3, 0.4) is 0 Å². The van der Waals surface area contributed by atoms with E-state index in [2.05, 4.69) is 15.1 Å². The molecule has 0 radical (unpaired) electrons. The zero-order chi connectivity index (χ0) is 19.0. The smallest absolute Gasteiger partial charge is 0.352 e. The van der Waals surface area contributed by atoms with Crippen LogP contribution in [0, 0.1) is 0 Å². The normalized spacial score (nSPS) is 11.0. The number of methoxy groups -OCH3 is 1. The number of hydrogen-bond acceptors (Lipinski definition) is 6. The number of hydrogen-bond donors (Lipinski definition) is 3. The summed E-state index contributed by atoms with van der Waals surface area (Å²) in [6, 6.07) is 12.4. The van der Waals surface area contributed by atoms with Crippen LogP contribution in [0.2, 0.25) is 0 Å². The molecular weight excluding hydrogens is 368 g/mol. The highest BCUT2D eigenvalue weighted by Crippen LogP contribution is 2.38. The van der Waals surface area contributed by atoms with Crippen LogP contribution < -0.4 is 16.1 Å². The van der Waals surface area contributed by atoms with Gasteiger partial charge in [-0.1, -0.05) is 17.8 Å². The Kier molecular flexibility index (Phi) is 4.21. The van der Waals surface area contributed by atoms with Crippen LogP contribution >= 0.6 is 11.8 Å². The molecular formula is C18H14N4O4S. The second-order valence-electron chi connectivity index (χ2n) is 5.66. The first-order valence-corrected chi connectivity index (χ1v) is 8.72. The summed E-state index contributed by atoms with van der Waals surface area (Å²) in [7, 11) is 1.57. The predicted octanol–water partition coefficient (Wildman–Crippen LogP) is 2.24. The number of nitrogens with zero attached hydrogens (tertiary/aromatic N) is 2. The highest BCUT2D eigenvalue weighted by molar-refractivity contribution is 7.99. The standard InChI is InChI=1S/C18H14N4O4S/c1-26-14-8-10(2-7-15(14)27-12-5-3-11(23)4-6-12)13-9-19-22-16(13)20-17(24)21-18(22)25/h2-9,23H,1H3,(H2,20,21,24,25). The Labute approximate surface area is 156 Å². The van der Waals surface area contributed by atoms with Gasteiger partial charge in [-0.25, -0.2) is 9.59 Å². The van der Waals surface area contributed by atoms with E-state index >= 15 is 0 Å². The lowest BCUT2D eigenvalue weighted by Crippen LogP contribution is -2.28. The van der Waals surface area contributed by atoms with Gasteiger partial charge in [0.15, 0.2) is 5.65 Å². The number of rotatable bonds is 4. The molecule has 2 aromatic carbocycles. The zero-order valence-electron chi connectivity index (χ0n) is 14.1. The molecule has 0 saturated heterocycles. The fraction of sp³-hybridized carbons (Fsp3) is 0.0556. The molecule has 0 bridgehead atoms. The van der Waals surface area contributed by atoms with Crippen LogP contribution in [0.25, 0.3) is 16.8 Å². The topological polar surface area (TPSA) is 112 Å². The van der Waals surface area contributed by atoms with Gasteiger partial charge in [-0.05, 0) is 42.0 Å². The lowest BCUT2D eigenvalue weighted by molar-refractivity contribution is 0.405. The molecule has 0 amide bonds. The molecule has 0 aliphatic carbocycles. The molecule has 4 aromatic rings. The summed E-state index contributed by atoms with van der Waals surface area (Å²) < 4.78 is 6.60. The molecule has 0 unspecified atom stereocenters. The molecule has 9 heteroatoms. The Bertz CT molecular complexity index is 1240. The maximum atomic E-state index is 11.8. The lowest BCUT2D eigenvalue weighted by atomic mass is 10.1. The van der Waals surface area contributed by atoms with Gasteiger partial charge >= 0.3 is 11.4 Å². The Morgan fingerprint density at radius 1 is 1.11 bits per heavy atom. The van der Waals surface area contributed by atoms with E-state index in [9.17, 15) is 14.7 Å². The van der Waals surface area contributed by atoms with E-state index in [0.717, 1.165) is 19.9 Å². The van der Waals surface area contributed by atoms with Crippen molar-refractivity contribution in [3.63, 3.8) is 0 Å². The molecule has 0 atom stereocenters. The van der Waals surface area contributed by atoms with Gasteiger partial charge < -0.3 is 9.84 Å². The average Bonchev–Trinajstić information content (AvgIpc) is 3.08. The summed E-state index contributed by atoms with van der Waals surface area (Å²) in [6.45, 7) is 0. The molecule has 0 saturated carbocycles. The highest BCUT2D eigenvalue weighted by Gasteiger charge is 2.13. The van der Waals surface area contributed by atoms with Crippen molar-refractivity contribution in [2.75, 3.05) is 7.11 Å². The van der Waals surface area contributed by atoms with Crippen molar-refractivity contribution in [3.8, 4) is 22.6 Å². The van der Waals surface area contributed by atoms with Crippen molar-refractivity contribution < 1.29 is 9.84 Å². The number of phenols is 1. The minimum absolute atomic E-state index is 0.207. The summed E-state index contributed by atoms with van der Waals surface area (Å²) in [5.74, 6) is 0.843. The second kappa shape index (κ2) is 6.69. The third-order valence-corrected chi connectivity index (χ3v) is 5.02. The summed E-state index contributed by atoms with van der Waals surface area (Å²) in [4.78, 5) is 30.0. The van der Waals surface area contributed by atoms with Crippen molar-refractivity contribution in [2.24, 2.45) is 0 Å². The summed E-state index contributed by atoms with van der Waals surface area (Å²) in [5, 5.41) is 13.4. The molecule has 2 heterocycles. The third kappa shape index (κ3) is 3.20. The van der Waals surface area contributed by atoms with Crippen LogP contribution in [-0.4, -0.2) is 31.8 Å². The lowest BCUT2D eigenvalue weighted by Gasteiger charge is -2.10. The van der Waals surface area contributed by atoms with Gasteiger partial charge in [0.25, 0.3) is 0 Å². The highest BCUT2D eigenvalue weighted by atomic mass is 32.2. The van der Waals surface area contributed by atoms with Gasteiger partial charge in [0.05, 0.1) is 18.2 Å². The monoisotopic (exact) mass is 382 g/mol. The quantitative estimate of drug-likeness (QED) is 0.499. The van der Waals surface area contributed by atoms with E-state index in [0.29, 0.717) is 17.0 Å². The molecule has 0 fully saturated rings. The molecule has 4 rings (SSSR count). The number of aromatic amines is 2. The van der Waals surface area contributed by atoms with E-state index in [1.807, 2.05) is 30.3 Å². The van der Waals surface area contributed by atoms with Crippen LogP contribution in [0.1, 0.15) is 0 Å². The third-order valence-electron chi connectivity index (χ3n) is 3.95. The summed E-state index contributed by atoms with van der Waals surface area (Å²) in [5.41, 5.74) is 0.466. The Balaban J connectivity index is 1.76. The minimum atomic E-state index is -0.605. The SMILES string of the molecule is COc1cc(-c2cnn3c(=O)[nH]c(=O)[nH]c23)ccc1Sc1ccc(O)cc1. The second-order valence-corrected chi connectivity index (χ2v) is 6.78. The van der Waals surface area contributed by atoms with Crippen molar-refractivity contribution in [3.05, 3.63) is 69.6 Å². The summed E-state index contributed by atoms with van der Waals surface area (Å²) >= 11 is 1.49. The maximum Gasteiger partial charge on any atom is 0.352 e. The number of benzene rings is 2. The maximum absolute atomic E-state index is 11.8. The zero-order valence-corrected chi connectivity index (χ0v) is 14.9. The first-order valence-electron chi connectivity index (χ1n) is 7.91. The van der Waals surface area contributed by atoms with Crippen LogP contribution in [0.15, 0.2) is 68.0 Å². The van der Waals surface area contributed by atoms with Gasteiger partial charge in [-0.2, -0.15) is 9.61 Å².